The third-order valence-corrected chi connectivity index (χ3v) is 4.24. The highest BCUT2D eigenvalue weighted by Crippen LogP contribution is 2.38. The van der Waals surface area contributed by atoms with Crippen LogP contribution in [0.15, 0.2) is 24.3 Å². The van der Waals surface area contributed by atoms with Crippen molar-refractivity contribution in [3.05, 3.63) is 52.3 Å². The average molecular weight is 320 g/mol. The fourth-order valence-electron chi connectivity index (χ4n) is 2.70. The third kappa shape index (κ3) is 2.54. The van der Waals surface area contributed by atoms with E-state index in [4.69, 9.17) is 0 Å². The highest BCUT2D eigenvalue weighted by molar-refractivity contribution is 6.35. The summed E-state index contributed by atoms with van der Waals surface area (Å²) in [5.41, 5.74) is 3.20. The Bertz CT molecular complexity index is 844. The minimum Gasteiger partial charge on any atom is -0.352 e. The Morgan fingerprint density at radius 3 is 2.43 bits per heavy atom. The number of alkyl halides is 3. The second kappa shape index (κ2) is 5.01. The summed E-state index contributed by atoms with van der Waals surface area (Å²) in [6.07, 6.45) is -2.71. The van der Waals surface area contributed by atoms with Crippen molar-refractivity contribution in [2.75, 3.05) is 5.32 Å². The number of benzene rings is 1. The van der Waals surface area contributed by atoms with Crippen LogP contribution in [-0.4, -0.2) is 10.5 Å². The van der Waals surface area contributed by atoms with Gasteiger partial charge in [0.2, 0.25) is 0 Å². The van der Waals surface area contributed by atoms with E-state index in [1.165, 1.54) is 6.07 Å². The lowest BCUT2D eigenvalue weighted by Gasteiger charge is -2.08. The van der Waals surface area contributed by atoms with Crippen molar-refractivity contribution in [2.24, 2.45) is 7.05 Å². The number of rotatable bonds is 1. The summed E-state index contributed by atoms with van der Waals surface area (Å²) >= 11 is 0. The highest BCUT2D eigenvalue weighted by atomic mass is 19.4. The van der Waals surface area contributed by atoms with Gasteiger partial charge in [-0.1, -0.05) is 6.07 Å². The number of fused-ring (bicyclic) bond motifs is 1. The van der Waals surface area contributed by atoms with Gasteiger partial charge in [0.15, 0.2) is 0 Å². The maximum atomic E-state index is 12.8. The van der Waals surface area contributed by atoms with Crippen molar-refractivity contribution in [3.63, 3.8) is 0 Å². The van der Waals surface area contributed by atoms with Crippen molar-refractivity contribution in [1.29, 1.82) is 0 Å². The predicted octanol–water partition coefficient (Wildman–Crippen LogP) is 4.15. The molecule has 2 aromatic rings. The molecule has 0 unspecified atom stereocenters. The molecule has 0 spiro atoms. The number of carbonyl (C=O) groups is 1. The topological polar surface area (TPSA) is 34.0 Å². The van der Waals surface area contributed by atoms with Gasteiger partial charge in [-0.25, -0.2) is 0 Å². The summed E-state index contributed by atoms with van der Waals surface area (Å²) < 4.78 is 40.3. The number of aryl methyl sites for hydroxylation is 1. The predicted molar refractivity (Wildman–Crippen MR) is 82.8 cm³/mol. The molecule has 2 heterocycles. The minimum absolute atomic E-state index is 0.196. The summed E-state index contributed by atoms with van der Waals surface area (Å²) in [7, 11) is 1.92. The van der Waals surface area contributed by atoms with E-state index >= 15 is 0 Å². The zero-order chi connectivity index (χ0) is 16.9. The van der Waals surface area contributed by atoms with E-state index in [2.05, 4.69) is 5.32 Å². The molecule has 6 heteroatoms. The summed E-state index contributed by atoms with van der Waals surface area (Å²) in [5.74, 6) is -0.389. The average Bonchev–Trinajstić information content (AvgIpc) is 2.90. The lowest BCUT2D eigenvalue weighted by molar-refractivity contribution is -0.137. The van der Waals surface area contributed by atoms with Crippen LogP contribution in [0.3, 0.4) is 0 Å². The number of carbonyl (C=O) groups excluding carboxylic acids is 1. The van der Waals surface area contributed by atoms with Gasteiger partial charge in [0.25, 0.3) is 5.91 Å². The van der Waals surface area contributed by atoms with E-state index in [1.807, 2.05) is 31.5 Å². The van der Waals surface area contributed by atoms with Gasteiger partial charge < -0.3 is 9.88 Å². The second-order valence-corrected chi connectivity index (χ2v) is 5.66. The van der Waals surface area contributed by atoms with Crippen LogP contribution in [0.25, 0.3) is 11.6 Å². The quantitative estimate of drug-likeness (QED) is 0.787. The number of amides is 1. The van der Waals surface area contributed by atoms with Gasteiger partial charge in [-0.2, -0.15) is 13.2 Å². The molecule has 1 aliphatic rings. The Morgan fingerprint density at radius 2 is 1.87 bits per heavy atom. The van der Waals surface area contributed by atoms with Crippen LogP contribution in [0, 0.1) is 13.8 Å². The van der Waals surface area contributed by atoms with Crippen molar-refractivity contribution < 1.29 is 18.0 Å². The van der Waals surface area contributed by atoms with Gasteiger partial charge in [0.1, 0.15) is 0 Å². The number of halogens is 3. The molecule has 0 bridgehead atoms. The van der Waals surface area contributed by atoms with Gasteiger partial charge in [-0.3, -0.25) is 4.79 Å². The van der Waals surface area contributed by atoms with E-state index in [-0.39, 0.29) is 11.6 Å². The maximum Gasteiger partial charge on any atom is 0.416 e. The SMILES string of the molecule is Cc1cc(/C=C2\C(=O)Nc3cc(C(F)(F)F)ccc32)c(C)n1C. The Hall–Kier alpha value is -2.50. The van der Waals surface area contributed by atoms with Crippen LogP contribution < -0.4 is 5.32 Å². The van der Waals surface area contributed by atoms with Gasteiger partial charge in [-0.15, -0.1) is 0 Å². The van der Waals surface area contributed by atoms with Crippen molar-refractivity contribution in [2.45, 2.75) is 20.0 Å². The molecule has 3 nitrogen and oxygen atoms in total. The zero-order valence-electron chi connectivity index (χ0n) is 12.9. The molecule has 0 aliphatic carbocycles. The molecule has 1 amide bonds. The molecule has 1 aromatic carbocycles. The zero-order valence-corrected chi connectivity index (χ0v) is 12.9. The monoisotopic (exact) mass is 320 g/mol. The highest BCUT2D eigenvalue weighted by Gasteiger charge is 2.33. The Kier molecular flexibility index (Phi) is 3.35. The second-order valence-electron chi connectivity index (χ2n) is 5.66. The maximum absolute atomic E-state index is 12.8. The smallest absolute Gasteiger partial charge is 0.352 e. The van der Waals surface area contributed by atoms with Crippen LogP contribution in [0.5, 0.6) is 0 Å². The molecule has 0 fully saturated rings. The normalized spacial score (nSPS) is 15.9. The molecule has 1 N–H and O–H groups in total. The van der Waals surface area contributed by atoms with Gasteiger partial charge in [0, 0.05) is 35.3 Å². The summed E-state index contributed by atoms with van der Waals surface area (Å²) in [6.45, 7) is 3.88. The van der Waals surface area contributed by atoms with Crippen LogP contribution in [-0.2, 0) is 18.0 Å². The van der Waals surface area contributed by atoms with E-state index < -0.39 is 11.7 Å². The number of aromatic nitrogens is 1. The van der Waals surface area contributed by atoms with Gasteiger partial charge >= 0.3 is 6.18 Å². The summed E-state index contributed by atoms with van der Waals surface area (Å²) in [5, 5.41) is 2.51. The van der Waals surface area contributed by atoms with Crippen LogP contribution in [0.2, 0.25) is 0 Å². The lowest BCUT2D eigenvalue weighted by Crippen LogP contribution is -2.06. The molecule has 0 atom stereocenters. The molecular weight excluding hydrogens is 305 g/mol. The summed E-state index contributed by atoms with van der Waals surface area (Å²) in [4.78, 5) is 12.1. The number of hydrogen-bond donors (Lipinski definition) is 1. The van der Waals surface area contributed by atoms with E-state index in [0.29, 0.717) is 11.1 Å². The minimum atomic E-state index is -4.43. The Morgan fingerprint density at radius 1 is 1.17 bits per heavy atom. The van der Waals surface area contributed by atoms with Crippen LogP contribution in [0.1, 0.15) is 28.1 Å². The largest absolute Gasteiger partial charge is 0.416 e. The molecule has 1 aliphatic heterocycles. The molecule has 3 rings (SSSR count). The number of hydrogen-bond acceptors (Lipinski definition) is 1. The molecule has 120 valence electrons. The van der Waals surface area contributed by atoms with E-state index in [0.717, 1.165) is 29.1 Å². The van der Waals surface area contributed by atoms with E-state index in [1.54, 1.807) is 6.08 Å². The van der Waals surface area contributed by atoms with Crippen LogP contribution in [0.4, 0.5) is 18.9 Å². The first-order chi connectivity index (χ1) is 10.7. The Balaban J connectivity index is 2.09. The standard InChI is InChI=1S/C17H15F3N2O/c1-9-6-11(10(2)22(9)3)7-14-13-5-4-12(17(18,19)20)8-15(13)21-16(14)23/h4-8H,1-3H3,(H,21,23)/b14-7-. The fourth-order valence-corrected chi connectivity index (χ4v) is 2.70. The van der Waals surface area contributed by atoms with Crippen LogP contribution >= 0.6 is 0 Å². The van der Waals surface area contributed by atoms with E-state index in [9.17, 15) is 18.0 Å². The first-order valence-electron chi connectivity index (χ1n) is 7.06. The molecule has 0 saturated heterocycles. The van der Waals surface area contributed by atoms with Gasteiger partial charge in [0.05, 0.1) is 5.56 Å². The molecule has 23 heavy (non-hydrogen) atoms. The molecule has 1 aromatic heterocycles. The summed E-state index contributed by atoms with van der Waals surface area (Å²) in [6, 6.07) is 5.25. The third-order valence-electron chi connectivity index (χ3n) is 4.24. The molecule has 0 radical (unpaired) electrons. The first kappa shape index (κ1) is 15.4. The van der Waals surface area contributed by atoms with Crippen molar-refractivity contribution in [3.8, 4) is 0 Å². The number of nitrogens with one attached hydrogen (secondary N) is 1. The first-order valence-corrected chi connectivity index (χ1v) is 7.06. The number of nitrogens with zero attached hydrogens (tertiary/aromatic N) is 1. The Labute approximate surface area is 131 Å². The molecule has 0 saturated carbocycles. The van der Waals surface area contributed by atoms with Crippen molar-refractivity contribution >= 4 is 23.2 Å². The van der Waals surface area contributed by atoms with Gasteiger partial charge in [-0.05, 0) is 43.7 Å². The van der Waals surface area contributed by atoms with Crippen molar-refractivity contribution in [1.82, 2.24) is 4.57 Å². The number of anilines is 1. The fraction of sp³-hybridized carbons (Fsp3) is 0.235. The molecular formula is C17H15F3N2O. The lowest BCUT2D eigenvalue weighted by atomic mass is 10.0.